The van der Waals surface area contributed by atoms with Gasteiger partial charge in [0.1, 0.15) is 6.54 Å². The average Bonchev–Trinajstić information content (AvgIpc) is 3.17. The molecule has 1 aliphatic rings. The van der Waals surface area contributed by atoms with Crippen LogP contribution in [-0.4, -0.2) is 27.0 Å². The van der Waals surface area contributed by atoms with Crippen LogP contribution in [0.2, 0.25) is 0 Å². The van der Waals surface area contributed by atoms with E-state index in [0.717, 1.165) is 9.78 Å². The molecule has 1 saturated heterocycles. The van der Waals surface area contributed by atoms with Crippen molar-refractivity contribution in [3.63, 3.8) is 0 Å². The number of imide groups is 1. The van der Waals surface area contributed by atoms with Gasteiger partial charge in [-0.1, -0.05) is 25.1 Å². The number of amides is 3. The lowest BCUT2D eigenvalue weighted by atomic mass is 10.0. The number of urea groups is 1. The van der Waals surface area contributed by atoms with Crippen molar-refractivity contribution in [2.75, 3.05) is 0 Å². The number of aromatic nitrogens is 2. The number of hydrogen-bond donors (Lipinski definition) is 1. The molecule has 3 rings (SSSR count). The number of hydrogen-bond acceptors (Lipinski definition) is 6. The molecule has 1 aliphatic heterocycles. The number of nitrogens with one attached hydrogen (secondary N) is 1. The molecule has 0 saturated carbocycles. The lowest BCUT2D eigenvalue weighted by Crippen LogP contribution is -2.40. The smallest absolute Gasteiger partial charge is 0.325 e. The first kappa shape index (κ1) is 14.7. The molecule has 2 aromatic rings. The van der Waals surface area contributed by atoms with Crippen LogP contribution >= 0.6 is 11.3 Å². The molecule has 7 nitrogen and oxygen atoms in total. The minimum absolute atomic E-state index is 0.0225. The van der Waals surface area contributed by atoms with Gasteiger partial charge >= 0.3 is 6.03 Å². The first-order chi connectivity index (χ1) is 10.4. The number of thiophene rings is 1. The van der Waals surface area contributed by atoms with Crippen molar-refractivity contribution in [2.24, 2.45) is 0 Å². The van der Waals surface area contributed by atoms with Crippen molar-refractivity contribution < 1.29 is 14.1 Å². The highest BCUT2D eigenvalue weighted by molar-refractivity contribution is 7.10. The molecule has 116 valence electrons. The predicted octanol–water partition coefficient (Wildman–Crippen LogP) is 2.22. The summed E-state index contributed by atoms with van der Waals surface area (Å²) < 4.78 is 5.11. The Kier molecular flexibility index (Phi) is 3.48. The van der Waals surface area contributed by atoms with Gasteiger partial charge in [-0.3, -0.25) is 9.69 Å². The Hall–Kier alpha value is -2.22. The minimum atomic E-state index is -1.04. The second kappa shape index (κ2) is 5.20. The maximum absolute atomic E-state index is 12.6. The molecule has 1 N–H and O–H groups in total. The molecule has 1 unspecified atom stereocenters. The zero-order chi connectivity index (χ0) is 15.9. The Balaban J connectivity index is 1.83. The van der Waals surface area contributed by atoms with Crippen LogP contribution in [0.1, 0.15) is 43.3 Å². The normalized spacial score (nSPS) is 21.7. The van der Waals surface area contributed by atoms with E-state index in [1.54, 1.807) is 6.92 Å². The first-order valence-corrected chi connectivity index (χ1v) is 7.80. The minimum Gasteiger partial charge on any atom is -0.337 e. The van der Waals surface area contributed by atoms with Crippen LogP contribution in [0.25, 0.3) is 0 Å². The predicted molar refractivity (Wildman–Crippen MR) is 79.1 cm³/mol. The van der Waals surface area contributed by atoms with Crippen molar-refractivity contribution in [1.29, 1.82) is 0 Å². The number of carbonyl (C=O) groups is 2. The molecule has 0 bridgehead atoms. The summed E-state index contributed by atoms with van der Waals surface area (Å²) in [4.78, 5) is 30.9. The molecule has 2 aromatic heterocycles. The van der Waals surface area contributed by atoms with Crippen molar-refractivity contribution in [3.8, 4) is 0 Å². The first-order valence-electron chi connectivity index (χ1n) is 6.92. The van der Waals surface area contributed by atoms with Gasteiger partial charge in [-0.05, 0) is 18.4 Å². The van der Waals surface area contributed by atoms with E-state index in [9.17, 15) is 9.59 Å². The molecule has 8 heteroatoms. The zero-order valence-corrected chi connectivity index (χ0v) is 13.3. The summed E-state index contributed by atoms with van der Waals surface area (Å²) in [7, 11) is 0. The van der Waals surface area contributed by atoms with Crippen LogP contribution in [0, 0.1) is 0 Å². The Morgan fingerprint density at radius 2 is 2.23 bits per heavy atom. The summed E-state index contributed by atoms with van der Waals surface area (Å²) in [5, 5.41) is 8.45. The fraction of sp³-hybridized carbons (Fsp3) is 0.429. The molecule has 1 fully saturated rings. The average molecular weight is 320 g/mol. The molecule has 3 heterocycles. The van der Waals surface area contributed by atoms with E-state index in [1.165, 1.54) is 11.3 Å². The zero-order valence-electron chi connectivity index (χ0n) is 12.5. The van der Waals surface area contributed by atoms with Gasteiger partial charge in [0.05, 0.1) is 0 Å². The molecule has 22 heavy (non-hydrogen) atoms. The lowest BCUT2D eigenvalue weighted by molar-refractivity contribution is -0.131. The Morgan fingerprint density at radius 1 is 1.45 bits per heavy atom. The largest absolute Gasteiger partial charge is 0.337 e. The molecule has 3 amide bonds. The molecule has 0 aromatic carbocycles. The van der Waals surface area contributed by atoms with Crippen LogP contribution in [0.5, 0.6) is 0 Å². The van der Waals surface area contributed by atoms with Crippen molar-refractivity contribution in [1.82, 2.24) is 20.4 Å². The Labute approximate surface area is 131 Å². The molecule has 0 spiro atoms. The lowest BCUT2D eigenvalue weighted by Gasteiger charge is -2.19. The van der Waals surface area contributed by atoms with Crippen LogP contribution < -0.4 is 5.32 Å². The van der Waals surface area contributed by atoms with Crippen LogP contribution in [0.3, 0.4) is 0 Å². The Morgan fingerprint density at radius 3 is 2.82 bits per heavy atom. The highest BCUT2D eigenvalue weighted by Crippen LogP contribution is 2.32. The molecule has 0 radical (unpaired) electrons. The fourth-order valence-corrected chi connectivity index (χ4v) is 3.11. The van der Waals surface area contributed by atoms with Gasteiger partial charge in [0.25, 0.3) is 5.91 Å². The second-order valence-electron chi connectivity index (χ2n) is 5.62. The fourth-order valence-electron chi connectivity index (χ4n) is 2.27. The molecular weight excluding hydrogens is 304 g/mol. The summed E-state index contributed by atoms with van der Waals surface area (Å²) in [6.07, 6.45) is 0. The van der Waals surface area contributed by atoms with E-state index in [1.807, 2.05) is 31.4 Å². The highest BCUT2D eigenvalue weighted by Gasteiger charge is 2.50. The van der Waals surface area contributed by atoms with Gasteiger partial charge in [0.15, 0.2) is 11.4 Å². The van der Waals surface area contributed by atoms with Gasteiger partial charge in [-0.2, -0.15) is 4.98 Å². The van der Waals surface area contributed by atoms with E-state index in [4.69, 9.17) is 4.52 Å². The van der Waals surface area contributed by atoms with E-state index in [2.05, 4.69) is 15.5 Å². The molecular formula is C14H16N4O3S. The molecule has 1 atom stereocenters. The van der Waals surface area contributed by atoms with Gasteiger partial charge in [0, 0.05) is 10.8 Å². The summed E-state index contributed by atoms with van der Waals surface area (Å²) >= 11 is 1.43. The number of nitrogens with zero attached hydrogens (tertiary/aromatic N) is 3. The van der Waals surface area contributed by atoms with Gasteiger partial charge in [0.2, 0.25) is 5.89 Å². The summed E-state index contributed by atoms with van der Waals surface area (Å²) in [5.41, 5.74) is -1.04. The summed E-state index contributed by atoms with van der Waals surface area (Å²) in [5.74, 6) is 0.618. The maximum Gasteiger partial charge on any atom is 0.325 e. The Bertz CT molecular complexity index is 710. The number of rotatable bonds is 4. The van der Waals surface area contributed by atoms with Crippen molar-refractivity contribution in [2.45, 2.75) is 38.8 Å². The summed E-state index contributed by atoms with van der Waals surface area (Å²) in [6, 6.07) is 3.22. The van der Waals surface area contributed by atoms with Crippen LogP contribution in [-0.2, 0) is 16.9 Å². The van der Waals surface area contributed by atoms with E-state index in [-0.39, 0.29) is 24.3 Å². The van der Waals surface area contributed by atoms with Crippen molar-refractivity contribution >= 4 is 23.3 Å². The maximum atomic E-state index is 12.6. The standard InChI is InChI=1S/C14H16N4O3S/c1-8(2)11-15-10(21-17-11)7-18-12(19)14(3,16-13(18)20)9-5-4-6-22-9/h4-6,8H,7H2,1-3H3,(H,16,20). The van der Waals surface area contributed by atoms with Gasteiger partial charge < -0.3 is 9.84 Å². The third kappa shape index (κ3) is 2.29. The van der Waals surface area contributed by atoms with Gasteiger partial charge in [-0.25, -0.2) is 4.79 Å². The van der Waals surface area contributed by atoms with E-state index < -0.39 is 11.6 Å². The molecule has 0 aliphatic carbocycles. The van der Waals surface area contributed by atoms with E-state index in [0.29, 0.717) is 5.82 Å². The highest BCUT2D eigenvalue weighted by atomic mass is 32.1. The third-order valence-electron chi connectivity index (χ3n) is 3.58. The number of carbonyl (C=O) groups excluding carboxylic acids is 2. The van der Waals surface area contributed by atoms with Crippen LogP contribution in [0.4, 0.5) is 4.79 Å². The summed E-state index contributed by atoms with van der Waals surface area (Å²) in [6.45, 7) is 5.56. The second-order valence-corrected chi connectivity index (χ2v) is 6.57. The van der Waals surface area contributed by atoms with Gasteiger partial charge in [-0.15, -0.1) is 11.3 Å². The third-order valence-corrected chi connectivity index (χ3v) is 4.67. The van der Waals surface area contributed by atoms with Crippen LogP contribution in [0.15, 0.2) is 22.0 Å². The SMILES string of the molecule is CC(C)c1noc(CN2C(=O)NC(C)(c3cccs3)C2=O)n1. The monoisotopic (exact) mass is 320 g/mol. The van der Waals surface area contributed by atoms with E-state index >= 15 is 0 Å². The van der Waals surface area contributed by atoms with Crippen molar-refractivity contribution in [3.05, 3.63) is 34.1 Å². The quantitative estimate of drug-likeness (QED) is 0.873. The topological polar surface area (TPSA) is 88.3 Å².